The molecule has 2 nitrogen and oxygen atoms in total. The second-order valence-electron chi connectivity index (χ2n) is 2.13. The molecule has 1 aromatic rings. The van der Waals surface area contributed by atoms with Crippen LogP contribution in [0.3, 0.4) is 0 Å². The summed E-state index contributed by atoms with van der Waals surface area (Å²) in [6, 6.07) is 9.73. The van der Waals surface area contributed by atoms with Gasteiger partial charge in [0, 0.05) is 18.3 Å². The predicted molar refractivity (Wildman–Crippen MR) is 48.5 cm³/mol. The average Bonchev–Trinajstić information content (AvgIpc) is 2.07. The number of rotatable bonds is 3. The molecule has 11 heavy (non-hydrogen) atoms. The Hall–Kier alpha value is -0.730. The number of benzene rings is 1. The first-order valence-corrected chi connectivity index (χ1v) is 3.93. The fourth-order valence-corrected chi connectivity index (χ4v) is 1.02. The second-order valence-corrected chi connectivity index (χ2v) is 2.47. The molecule has 0 aromatic heterocycles. The molecule has 0 aliphatic carbocycles. The van der Waals surface area contributed by atoms with E-state index in [1.165, 1.54) is 4.53 Å². The maximum Gasteiger partial charge on any atom is 0.0706 e. The third-order valence-corrected chi connectivity index (χ3v) is 1.59. The highest BCUT2D eigenvalue weighted by atomic mass is 35.5. The molecule has 0 fully saturated rings. The van der Waals surface area contributed by atoms with Crippen LogP contribution in [0.15, 0.2) is 30.3 Å². The van der Waals surface area contributed by atoms with E-state index >= 15 is 0 Å². The minimum absolute atomic E-state index is 0.818. The Morgan fingerprint density at radius 3 is 2.55 bits per heavy atom. The van der Waals surface area contributed by atoms with Crippen LogP contribution >= 0.6 is 11.8 Å². The van der Waals surface area contributed by atoms with Crippen molar-refractivity contribution in [1.29, 1.82) is 0 Å². The number of hydrogen-bond acceptors (Lipinski definition) is 2. The van der Waals surface area contributed by atoms with E-state index in [2.05, 4.69) is 5.43 Å². The highest BCUT2D eigenvalue weighted by Crippen LogP contribution is 2.11. The van der Waals surface area contributed by atoms with E-state index in [4.69, 9.17) is 11.8 Å². The topological polar surface area (TPSA) is 15.3 Å². The molecule has 60 valence electrons. The maximum absolute atomic E-state index is 5.83. The van der Waals surface area contributed by atoms with Crippen molar-refractivity contribution in [1.82, 2.24) is 5.43 Å². The molecule has 1 N–H and O–H groups in total. The standard InChI is InChI=1S/C8H11ClN2/c1-2-10-11(9)8-6-4-3-5-7-8/h3-7,10H,2H2,1H3. The van der Waals surface area contributed by atoms with Crippen LogP contribution in [0.5, 0.6) is 0 Å². The van der Waals surface area contributed by atoms with E-state index in [0.29, 0.717) is 0 Å². The summed E-state index contributed by atoms with van der Waals surface area (Å²) in [5.74, 6) is 0. The van der Waals surface area contributed by atoms with Crippen LogP contribution < -0.4 is 9.95 Å². The number of hydrogen-bond donors (Lipinski definition) is 1. The molecule has 0 amide bonds. The Bertz CT molecular complexity index is 201. The van der Waals surface area contributed by atoms with E-state index in [1.807, 2.05) is 37.3 Å². The molecular formula is C8H11ClN2. The zero-order chi connectivity index (χ0) is 8.10. The van der Waals surface area contributed by atoms with Crippen LogP contribution in [-0.2, 0) is 0 Å². The van der Waals surface area contributed by atoms with E-state index in [0.717, 1.165) is 12.2 Å². The van der Waals surface area contributed by atoms with Gasteiger partial charge in [-0.1, -0.05) is 25.1 Å². The van der Waals surface area contributed by atoms with Gasteiger partial charge in [0.1, 0.15) is 0 Å². The molecule has 0 aliphatic heterocycles. The van der Waals surface area contributed by atoms with Crippen LogP contribution in [0, 0.1) is 0 Å². The van der Waals surface area contributed by atoms with E-state index in [9.17, 15) is 0 Å². The summed E-state index contributed by atoms with van der Waals surface area (Å²) in [7, 11) is 0. The summed E-state index contributed by atoms with van der Waals surface area (Å²) >= 11 is 5.83. The summed E-state index contributed by atoms with van der Waals surface area (Å²) in [5, 5.41) is 0. The van der Waals surface area contributed by atoms with Crippen molar-refractivity contribution in [2.45, 2.75) is 6.92 Å². The lowest BCUT2D eigenvalue weighted by Crippen LogP contribution is -2.28. The predicted octanol–water partition coefficient (Wildman–Crippen LogP) is 2.17. The molecular weight excluding hydrogens is 160 g/mol. The fraction of sp³-hybridized carbons (Fsp3) is 0.250. The smallest absolute Gasteiger partial charge is 0.0706 e. The second kappa shape index (κ2) is 4.21. The molecule has 0 saturated carbocycles. The van der Waals surface area contributed by atoms with Gasteiger partial charge in [-0.05, 0) is 12.1 Å². The Labute approximate surface area is 71.9 Å². The molecule has 0 unspecified atom stereocenters. The Kier molecular flexibility index (Phi) is 3.20. The lowest BCUT2D eigenvalue weighted by Gasteiger charge is -2.14. The Morgan fingerprint density at radius 2 is 2.00 bits per heavy atom. The normalized spacial score (nSPS) is 9.64. The van der Waals surface area contributed by atoms with Crippen molar-refractivity contribution >= 4 is 17.5 Å². The van der Waals surface area contributed by atoms with Gasteiger partial charge in [-0.25, -0.2) is 9.95 Å². The van der Waals surface area contributed by atoms with E-state index in [1.54, 1.807) is 0 Å². The number of para-hydroxylation sites is 1. The zero-order valence-corrected chi connectivity index (χ0v) is 7.17. The van der Waals surface area contributed by atoms with Gasteiger partial charge < -0.3 is 0 Å². The molecule has 0 atom stereocenters. The minimum atomic E-state index is 0.818. The van der Waals surface area contributed by atoms with Gasteiger partial charge in [0.05, 0.1) is 5.69 Å². The van der Waals surface area contributed by atoms with Crippen LogP contribution in [0.2, 0.25) is 0 Å². The molecule has 0 radical (unpaired) electrons. The summed E-state index contributed by atoms with van der Waals surface area (Å²) in [4.78, 5) is 0. The van der Waals surface area contributed by atoms with Crippen molar-refractivity contribution in [2.24, 2.45) is 0 Å². The summed E-state index contributed by atoms with van der Waals surface area (Å²) in [6.45, 7) is 2.82. The van der Waals surface area contributed by atoms with Crippen molar-refractivity contribution in [3.8, 4) is 0 Å². The van der Waals surface area contributed by atoms with Crippen LogP contribution in [0.25, 0.3) is 0 Å². The van der Waals surface area contributed by atoms with Crippen molar-refractivity contribution in [3.63, 3.8) is 0 Å². The van der Waals surface area contributed by atoms with Gasteiger partial charge in [-0.3, -0.25) is 0 Å². The summed E-state index contributed by atoms with van der Waals surface area (Å²) in [5.41, 5.74) is 3.92. The lowest BCUT2D eigenvalue weighted by atomic mass is 10.3. The van der Waals surface area contributed by atoms with Crippen molar-refractivity contribution < 1.29 is 0 Å². The van der Waals surface area contributed by atoms with Gasteiger partial charge in [0.25, 0.3) is 0 Å². The minimum Gasteiger partial charge on any atom is -0.219 e. The fourth-order valence-electron chi connectivity index (χ4n) is 0.789. The van der Waals surface area contributed by atoms with Gasteiger partial charge in [-0.2, -0.15) is 0 Å². The molecule has 0 spiro atoms. The molecule has 1 aromatic carbocycles. The van der Waals surface area contributed by atoms with Crippen LogP contribution in [0.4, 0.5) is 5.69 Å². The third-order valence-electron chi connectivity index (χ3n) is 1.28. The lowest BCUT2D eigenvalue weighted by molar-refractivity contribution is 0.779. The molecule has 0 aliphatic rings. The SMILES string of the molecule is CCNN(Cl)c1ccccc1. The highest BCUT2D eigenvalue weighted by molar-refractivity contribution is 6.25. The number of halogens is 1. The monoisotopic (exact) mass is 170 g/mol. The van der Waals surface area contributed by atoms with Crippen LogP contribution in [-0.4, -0.2) is 6.54 Å². The van der Waals surface area contributed by atoms with Crippen LogP contribution in [0.1, 0.15) is 6.92 Å². The summed E-state index contributed by atoms with van der Waals surface area (Å²) in [6.07, 6.45) is 0. The van der Waals surface area contributed by atoms with Gasteiger partial charge in [0.15, 0.2) is 0 Å². The third kappa shape index (κ3) is 2.41. The first-order chi connectivity index (χ1) is 5.34. The Morgan fingerprint density at radius 1 is 1.36 bits per heavy atom. The average molecular weight is 171 g/mol. The Balaban J connectivity index is 2.61. The summed E-state index contributed by atoms with van der Waals surface area (Å²) < 4.78 is 1.49. The highest BCUT2D eigenvalue weighted by Gasteiger charge is 1.97. The van der Waals surface area contributed by atoms with Crippen molar-refractivity contribution in [2.75, 3.05) is 11.1 Å². The first kappa shape index (κ1) is 8.37. The number of nitrogens with one attached hydrogen (secondary N) is 1. The van der Waals surface area contributed by atoms with E-state index in [-0.39, 0.29) is 0 Å². The number of hydrazine groups is 1. The first-order valence-electron chi connectivity index (χ1n) is 3.59. The molecule has 0 bridgehead atoms. The molecule has 1 rings (SSSR count). The molecule has 3 heteroatoms. The number of anilines is 1. The molecule has 0 heterocycles. The molecule has 0 saturated heterocycles. The van der Waals surface area contributed by atoms with Gasteiger partial charge in [-0.15, -0.1) is 0 Å². The van der Waals surface area contributed by atoms with Crippen molar-refractivity contribution in [3.05, 3.63) is 30.3 Å². The van der Waals surface area contributed by atoms with Gasteiger partial charge in [0.2, 0.25) is 0 Å². The number of nitrogens with zero attached hydrogens (tertiary/aromatic N) is 1. The van der Waals surface area contributed by atoms with E-state index < -0.39 is 0 Å². The zero-order valence-electron chi connectivity index (χ0n) is 6.42. The largest absolute Gasteiger partial charge is 0.219 e. The van der Waals surface area contributed by atoms with Gasteiger partial charge >= 0.3 is 0 Å². The quantitative estimate of drug-likeness (QED) is 0.553. The maximum atomic E-state index is 5.83.